The number of ether oxygens (including phenoxy) is 1. The molecule has 1 heterocycles. The van der Waals surface area contributed by atoms with Crippen molar-refractivity contribution < 1.29 is 13.9 Å². The van der Waals surface area contributed by atoms with Crippen molar-refractivity contribution in [2.24, 2.45) is 5.92 Å². The minimum atomic E-state index is -0.338. The van der Waals surface area contributed by atoms with E-state index >= 15 is 0 Å². The molecular formula is C13H15FO2. The number of carbonyl (C=O) groups excluding carboxylic acids is 1. The summed E-state index contributed by atoms with van der Waals surface area (Å²) >= 11 is 0. The van der Waals surface area contributed by atoms with Crippen molar-refractivity contribution in [3.05, 3.63) is 35.1 Å². The van der Waals surface area contributed by atoms with Crippen LogP contribution in [0.25, 0.3) is 0 Å². The number of hydrogen-bond acceptors (Lipinski definition) is 2. The summed E-state index contributed by atoms with van der Waals surface area (Å²) in [6.45, 7) is 3.05. The predicted molar refractivity (Wildman–Crippen MR) is 59.0 cm³/mol. The van der Waals surface area contributed by atoms with Gasteiger partial charge in [0.2, 0.25) is 0 Å². The van der Waals surface area contributed by atoms with Crippen LogP contribution in [0.15, 0.2) is 18.2 Å². The third-order valence-corrected chi connectivity index (χ3v) is 2.92. The zero-order valence-electron chi connectivity index (χ0n) is 9.33. The largest absolute Gasteiger partial charge is 0.381 e. The van der Waals surface area contributed by atoms with E-state index in [1.807, 2.05) is 0 Å². The van der Waals surface area contributed by atoms with Gasteiger partial charge < -0.3 is 4.74 Å². The van der Waals surface area contributed by atoms with Crippen LogP contribution in [0.2, 0.25) is 0 Å². The molecule has 1 aromatic rings. The molecule has 0 N–H and O–H groups in total. The van der Waals surface area contributed by atoms with E-state index in [-0.39, 0.29) is 17.5 Å². The summed E-state index contributed by atoms with van der Waals surface area (Å²) in [5.41, 5.74) is 1.28. The first-order chi connectivity index (χ1) is 7.66. The first-order valence-electron chi connectivity index (χ1n) is 5.56. The Morgan fingerprint density at radius 1 is 1.31 bits per heavy atom. The molecule has 16 heavy (non-hydrogen) atoms. The quantitative estimate of drug-likeness (QED) is 0.719. The molecule has 0 atom stereocenters. The molecule has 1 aliphatic rings. The maximum absolute atomic E-state index is 13.2. The molecule has 0 saturated carbocycles. The van der Waals surface area contributed by atoms with Crippen molar-refractivity contribution in [2.45, 2.75) is 19.8 Å². The van der Waals surface area contributed by atoms with Crippen LogP contribution in [0.5, 0.6) is 0 Å². The van der Waals surface area contributed by atoms with Gasteiger partial charge >= 0.3 is 0 Å². The number of aryl methyl sites for hydroxylation is 1. The molecule has 1 fully saturated rings. The molecule has 1 saturated heterocycles. The van der Waals surface area contributed by atoms with E-state index in [1.165, 1.54) is 12.1 Å². The molecule has 0 aromatic heterocycles. The lowest BCUT2D eigenvalue weighted by Crippen LogP contribution is -2.23. The second-order valence-corrected chi connectivity index (χ2v) is 4.27. The van der Waals surface area contributed by atoms with Crippen LogP contribution in [0.3, 0.4) is 0 Å². The molecule has 0 spiro atoms. The van der Waals surface area contributed by atoms with Crippen molar-refractivity contribution in [3.63, 3.8) is 0 Å². The van der Waals surface area contributed by atoms with Crippen LogP contribution < -0.4 is 0 Å². The van der Waals surface area contributed by atoms with Gasteiger partial charge in [0.15, 0.2) is 5.78 Å². The molecule has 2 rings (SSSR count). The van der Waals surface area contributed by atoms with E-state index in [0.29, 0.717) is 18.8 Å². The summed E-state index contributed by atoms with van der Waals surface area (Å²) in [4.78, 5) is 12.1. The Balaban J connectivity index is 2.19. The summed E-state index contributed by atoms with van der Waals surface area (Å²) < 4.78 is 18.4. The lowest BCUT2D eigenvalue weighted by Gasteiger charge is -2.20. The van der Waals surface area contributed by atoms with Crippen LogP contribution >= 0.6 is 0 Å². The number of carbonyl (C=O) groups is 1. The molecule has 0 bridgehead atoms. The normalized spacial score (nSPS) is 17.4. The van der Waals surface area contributed by atoms with E-state index in [0.717, 1.165) is 18.4 Å². The van der Waals surface area contributed by atoms with Crippen molar-refractivity contribution in [1.29, 1.82) is 0 Å². The van der Waals surface area contributed by atoms with E-state index < -0.39 is 0 Å². The van der Waals surface area contributed by atoms with Gasteiger partial charge in [0, 0.05) is 24.7 Å². The first-order valence-corrected chi connectivity index (χ1v) is 5.56. The SMILES string of the molecule is Cc1cc(F)cc(C(=O)C2CCOCC2)c1. The first kappa shape index (κ1) is 11.3. The second-order valence-electron chi connectivity index (χ2n) is 4.27. The Morgan fingerprint density at radius 3 is 2.62 bits per heavy atom. The van der Waals surface area contributed by atoms with E-state index in [4.69, 9.17) is 4.74 Å². The highest BCUT2D eigenvalue weighted by molar-refractivity contribution is 5.98. The van der Waals surface area contributed by atoms with Gasteiger partial charge in [-0.1, -0.05) is 0 Å². The average molecular weight is 222 g/mol. The minimum Gasteiger partial charge on any atom is -0.381 e. The summed E-state index contributed by atoms with van der Waals surface area (Å²) in [5, 5.41) is 0. The van der Waals surface area contributed by atoms with Gasteiger partial charge in [-0.15, -0.1) is 0 Å². The maximum atomic E-state index is 13.2. The fourth-order valence-electron chi connectivity index (χ4n) is 2.07. The highest BCUT2D eigenvalue weighted by atomic mass is 19.1. The van der Waals surface area contributed by atoms with Crippen LogP contribution in [0.1, 0.15) is 28.8 Å². The standard InChI is InChI=1S/C13H15FO2/c1-9-6-11(8-12(14)7-9)13(15)10-2-4-16-5-3-10/h6-8,10H,2-5H2,1H3. The third-order valence-electron chi connectivity index (χ3n) is 2.92. The Labute approximate surface area is 94.4 Å². The van der Waals surface area contributed by atoms with Crippen molar-refractivity contribution in [2.75, 3.05) is 13.2 Å². The number of Topliss-reactive ketones (excluding diaryl/α,β-unsaturated/α-hetero) is 1. The summed E-state index contributed by atoms with van der Waals surface area (Å²) in [6, 6.07) is 4.51. The van der Waals surface area contributed by atoms with Gasteiger partial charge in [-0.05, 0) is 43.5 Å². The minimum absolute atomic E-state index is 0.00468. The van der Waals surface area contributed by atoms with Gasteiger partial charge in [0.05, 0.1) is 0 Å². The highest BCUT2D eigenvalue weighted by Crippen LogP contribution is 2.21. The second kappa shape index (κ2) is 4.74. The molecular weight excluding hydrogens is 207 g/mol. The lowest BCUT2D eigenvalue weighted by molar-refractivity contribution is 0.0544. The molecule has 0 amide bonds. The Morgan fingerprint density at radius 2 is 2.00 bits per heavy atom. The molecule has 3 heteroatoms. The zero-order chi connectivity index (χ0) is 11.5. The summed E-state index contributed by atoms with van der Waals surface area (Å²) in [7, 11) is 0. The van der Waals surface area contributed by atoms with Crippen LogP contribution in [-0.2, 0) is 4.74 Å². The number of halogens is 1. The molecule has 86 valence electrons. The molecule has 0 unspecified atom stereocenters. The molecule has 0 radical (unpaired) electrons. The Hall–Kier alpha value is -1.22. The predicted octanol–water partition coefficient (Wildman–Crippen LogP) is 2.74. The molecule has 0 aliphatic carbocycles. The van der Waals surface area contributed by atoms with E-state index in [9.17, 15) is 9.18 Å². The monoisotopic (exact) mass is 222 g/mol. The third kappa shape index (κ3) is 2.47. The summed E-state index contributed by atoms with van der Waals surface area (Å²) in [6.07, 6.45) is 1.49. The van der Waals surface area contributed by atoms with Gasteiger partial charge in [-0.2, -0.15) is 0 Å². The van der Waals surface area contributed by atoms with Crippen molar-refractivity contribution in [3.8, 4) is 0 Å². The van der Waals surface area contributed by atoms with E-state index in [1.54, 1.807) is 13.0 Å². The van der Waals surface area contributed by atoms with Gasteiger partial charge in [0.25, 0.3) is 0 Å². The fraction of sp³-hybridized carbons (Fsp3) is 0.462. The van der Waals surface area contributed by atoms with Crippen LogP contribution in [0, 0.1) is 18.7 Å². The van der Waals surface area contributed by atoms with Gasteiger partial charge in [-0.25, -0.2) is 4.39 Å². The highest BCUT2D eigenvalue weighted by Gasteiger charge is 2.23. The Bertz CT molecular complexity index is 375. The molecule has 1 aromatic carbocycles. The number of benzene rings is 1. The van der Waals surface area contributed by atoms with E-state index in [2.05, 4.69) is 0 Å². The summed E-state index contributed by atoms with van der Waals surface area (Å²) in [5.74, 6) is -0.295. The maximum Gasteiger partial charge on any atom is 0.166 e. The van der Waals surface area contributed by atoms with Crippen LogP contribution in [0.4, 0.5) is 4.39 Å². The lowest BCUT2D eigenvalue weighted by atomic mass is 9.90. The van der Waals surface area contributed by atoms with Crippen molar-refractivity contribution >= 4 is 5.78 Å². The van der Waals surface area contributed by atoms with Crippen LogP contribution in [-0.4, -0.2) is 19.0 Å². The Kier molecular flexibility index (Phi) is 3.34. The zero-order valence-corrected chi connectivity index (χ0v) is 9.33. The number of rotatable bonds is 2. The number of hydrogen-bond donors (Lipinski definition) is 0. The topological polar surface area (TPSA) is 26.3 Å². The number of ketones is 1. The van der Waals surface area contributed by atoms with Gasteiger partial charge in [0.1, 0.15) is 5.82 Å². The fourth-order valence-corrected chi connectivity index (χ4v) is 2.07. The smallest absolute Gasteiger partial charge is 0.166 e. The molecule has 1 aliphatic heterocycles. The molecule has 2 nitrogen and oxygen atoms in total. The average Bonchev–Trinajstić information content (AvgIpc) is 2.28. The van der Waals surface area contributed by atoms with Crippen molar-refractivity contribution in [1.82, 2.24) is 0 Å². The van der Waals surface area contributed by atoms with Gasteiger partial charge in [-0.3, -0.25) is 4.79 Å².